The van der Waals surface area contributed by atoms with Gasteiger partial charge >= 0.3 is 0 Å². The van der Waals surface area contributed by atoms with Crippen LogP contribution in [0.3, 0.4) is 0 Å². The summed E-state index contributed by atoms with van der Waals surface area (Å²) in [6.07, 6.45) is 4.34. The molecule has 0 aliphatic rings. The largest absolute Gasteiger partial charge is 0.347 e. The summed E-state index contributed by atoms with van der Waals surface area (Å²) in [5.74, 6) is 0.734. The fraction of sp³-hybridized carbons (Fsp3) is 0.250. The summed E-state index contributed by atoms with van der Waals surface area (Å²) < 4.78 is 0. The number of benzene rings is 1. The van der Waals surface area contributed by atoms with E-state index >= 15 is 0 Å². The van der Waals surface area contributed by atoms with Gasteiger partial charge < -0.3 is 9.88 Å². The number of nitrogens with one attached hydrogen (secondary N) is 1. The molecule has 0 bridgehead atoms. The predicted molar refractivity (Wildman–Crippen MR) is 98.2 cm³/mol. The number of hydrogen-bond donors (Lipinski definition) is 1. The van der Waals surface area contributed by atoms with Gasteiger partial charge in [-0.05, 0) is 37.1 Å². The van der Waals surface area contributed by atoms with Crippen LogP contribution in [0.4, 0.5) is 0 Å². The van der Waals surface area contributed by atoms with E-state index in [1.165, 1.54) is 5.56 Å². The first-order valence-electron chi connectivity index (χ1n) is 8.39. The summed E-state index contributed by atoms with van der Waals surface area (Å²) in [5.41, 5.74) is 4.92. The Balaban J connectivity index is 1.76. The Morgan fingerprint density at radius 1 is 1.16 bits per heavy atom. The quantitative estimate of drug-likeness (QED) is 0.775. The van der Waals surface area contributed by atoms with Gasteiger partial charge in [-0.2, -0.15) is 0 Å². The third kappa shape index (κ3) is 3.76. The Bertz CT molecular complexity index is 854. The molecule has 128 valence electrons. The fourth-order valence-corrected chi connectivity index (χ4v) is 2.77. The van der Waals surface area contributed by atoms with Gasteiger partial charge in [0.1, 0.15) is 5.82 Å². The number of aromatic amines is 1. The molecule has 0 saturated carbocycles. The van der Waals surface area contributed by atoms with Crippen molar-refractivity contribution in [2.75, 3.05) is 7.05 Å². The minimum atomic E-state index is -0.0333. The lowest BCUT2D eigenvalue weighted by atomic mass is 10.1. The molecule has 0 saturated heterocycles. The molecule has 0 radical (unpaired) electrons. The first kappa shape index (κ1) is 16.9. The highest BCUT2D eigenvalue weighted by Crippen LogP contribution is 2.20. The summed E-state index contributed by atoms with van der Waals surface area (Å²) in [6.45, 7) is 4.63. The second kappa shape index (κ2) is 7.30. The standard InChI is InChI=1S/C20H22N4O/c1-4-17-14(2)5-10-18(23-17)15-6-8-16(9-7-15)20(25)24(3)13-19-21-11-12-22-19/h5-12H,4,13H2,1-3H3,(H,21,22). The van der Waals surface area contributed by atoms with Crippen molar-refractivity contribution >= 4 is 5.91 Å². The number of aryl methyl sites for hydroxylation is 2. The first-order chi connectivity index (χ1) is 12.1. The SMILES string of the molecule is CCc1nc(-c2ccc(C(=O)N(C)Cc3ncc[nH]3)cc2)ccc1C. The Labute approximate surface area is 147 Å². The third-order valence-electron chi connectivity index (χ3n) is 4.25. The normalized spacial score (nSPS) is 10.7. The molecule has 5 heteroatoms. The second-order valence-electron chi connectivity index (χ2n) is 6.09. The molecule has 0 fully saturated rings. The second-order valence-corrected chi connectivity index (χ2v) is 6.09. The summed E-state index contributed by atoms with van der Waals surface area (Å²) >= 11 is 0. The van der Waals surface area contributed by atoms with Crippen LogP contribution < -0.4 is 0 Å². The van der Waals surface area contributed by atoms with E-state index in [4.69, 9.17) is 4.98 Å². The number of nitrogens with zero attached hydrogens (tertiary/aromatic N) is 3. The Morgan fingerprint density at radius 2 is 1.92 bits per heavy atom. The molecule has 3 aromatic rings. The molecule has 2 heterocycles. The van der Waals surface area contributed by atoms with E-state index in [9.17, 15) is 4.79 Å². The Kier molecular flexibility index (Phi) is 4.93. The molecule has 2 aromatic heterocycles. The zero-order valence-corrected chi connectivity index (χ0v) is 14.8. The van der Waals surface area contributed by atoms with Crippen molar-refractivity contribution in [3.63, 3.8) is 0 Å². The van der Waals surface area contributed by atoms with Crippen molar-refractivity contribution in [2.45, 2.75) is 26.8 Å². The molecule has 25 heavy (non-hydrogen) atoms. The molecule has 1 N–H and O–H groups in total. The number of hydrogen-bond acceptors (Lipinski definition) is 3. The summed E-state index contributed by atoms with van der Waals surface area (Å²) in [6, 6.07) is 11.7. The minimum absolute atomic E-state index is 0.0333. The molecule has 0 aliphatic heterocycles. The lowest BCUT2D eigenvalue weighted by Crippen LogP contribution is -2.26. The van der Waals surface area contributed by atoms with Crippen LogP contribution in [0, 0.1) is 6.92 Å². The van der Waals surface area contributed by atoms with Gasteiger partial charge in [0.05, 0.1) is 12.2 Å². The monoisotopic (exact) mass is 334 g/mol. The molecule has 0 aliphatic carbocycles. The van der Waals surface area contributed by atoms with Crippen molar-refractivity contribution in [1.29, 1.82) is 0 Å². The van der Waals surface area contributed by atoms with Crippen LogP contribution in [-0.4, -0.2) is 32.8 Å². The molecule has 1 aromatic carbocycles. The smallest absolute Gasteiger partial charge is 0.254 e. The van der Waals surface area contributed by atoms with Crippen LogP contribution >= 0.6 is 0 Å². The van der Waals surface area contributed by atoms with Crippen LogP contribution in [0.15, 0.2) is 48.8 Å². The van der Waals surface area contributed by atoms with Crippen molar-refractivity contribution in [1.82, 2.24) is 19.9 Å². The molecule has 1 amide bonds. The predicted octanol–water partition coefficient (Wildman–Crippen LogP) is 3.61. The van der Waals surface area contributed by atoms with E-state index < -0.39 is 0 Å². The van der Waals surface area contributed by atoms with Crippen molar-refractivity contribution < 1.29 is 4.79 Å². The van der Waals surface area contributed by atoms with Crippen LogP contribution in [0.5, 0.6) is 0 Å². The Hall–Kier alpha value is -2.95. The lowest BCUT2D eigenvalue weighted by molar-refractivity contribution is 0.0782. The number of carbonyl (C=O) groups is 1. The van der Waals surface area contributed by atoms with Crippen LogP contribution in [0.1, 0.15) is 34.4 Å². The number of imidazole rings is 1. The van der Waals surface area contributed by atoms with E-state index in [0.29, 0.717) is 12.1 Å². The van der Waals surface area contributed by atoms with Gasteiger partial charge in [-0.3, -0.25) is 9.78 Å². The van der Waals surface area contributed by atoms with Crippen LogP contribution in [0.25, 0.3) is 11.3 Å². The van der Waals surface area contributed by atoms with Crippen molar-refractivity contribution in [3.8, 4) is 11.3 Å². The minimum Gasteiger partial charge on any atom is -0.347 e. The van der Waals surface area contributed by atoms with Crippen molar-refractivity contribution in [3.05, 3.63) is 71.4 Å². The van der Waals surface area contributed by atoms with Gasteiger partial charge in [-0.15, -0.1) is 0 Å². The number of amides is 1. The van der Waals surface area contributed by atoms with E-state index in [2.05, 4.69) is 29.9 Å². The summed E-state index contributed by atoms with van der Waals surface area (Å²) in [4.78, 5) is 26.1. The summed E-state index contributed by atoms with van der Waals surface area (Å²) in [7, 11) is 1.77. The molecular formula is C20H22N4O. The average molecular weight is 334 g/mol. The summed E-state index contributed by atoms with van der Waals surface area (Å²) in [5, 5.41) is 0. The molecule has 0 atom stereocenters. The molecule has 3 rings (SSSR count). The topological polar surface area (TPSA) is 61.9 Å². The average Bonchev–Trinajstić information content (AvgIpc) is 3.14. The fourth-order valence-electron chi connectivity index (χ4n) is 2.77. The van der Waals surface area contributed by atoms with E-state index in [0.717, 1.165) is 29.2 Å². The zero-order valence-electron chi connectivity index (χ0n) is 14.8. The number of rotatable bonds is 5. The first-order valence-corrected chi connectivity index (χ1v) is 8.39. The zero-order chi connectivity index (χ0) is 17.8. The maximum Gasteiger partial charge on any atom is 0.254 e. The maximum atomic E-state index is 12.5. The maximum absolute atomic E-state index is 12.5. The van der Waals surface area contributed by atoms with Gasteiger partial charge in [0.15, 0.2) is 0 Å². The van der Waals surface area contributed by atoms with Crippen LogP contribution in [0.2, 0.25) is 0 Å². The number of pyridine rings is 1. The van der Waals surface area contributed by atoms with Gasteiger partial charge in [0, 0.05) is 36.3 Å². The molecular weight excluding hydrogens is 312 g/mol. The highest BCUT2D eigenvalue weighted by molar-refractivity contribution is 5.94. The van der Waals surface area contributed by atoms with E-state index in [-0.39, 0.29) is 5.91 Å². The van der Waals surface area contributed by atoms with E-state index in [1.807, 2.05) is 30.3 Å². The van der Waals surface area contributed by atoms with E-state index in [1.54, 1.807) is 24.3 Å². The third-order valence-corrected chi connectivity index (χ3v) is 4.25. The van der Waals surface area contributed by atoms with Crippen LogP contribution in [-0.2, 0) is 13.0 Å². The van der Waals surface area contributed by atoms with Gasteiger partial charge in [0.25, 0.3) is 5.91 Å². The molecule has 5 nitrogen and oxygen atoms in total. The molecule has 0 spiro atoms. The lowest BCUT2D eigenvalue weighted by Gasteiger charge is -2.16. The van der Waals surface area contributed by atoms with Gasteiger partial charge in [-0.1, -0.05) is 25.1 Å². The molecule has 0 unspecified atom stereocenters. The highest BCUT2D eigenvalue weighted by Gasteiger charge is 2.13. The number of aromatic nitrogens is 3. The van der Waals surface area contributed by atoms with Gasteiger partial charge in [-0.25, -0.2) is 4.98 Å². The Morgan fingerprint density at radius 3 is 2.56 bits per heavy atom. The van der Waals surface area contributed by atoms with Gasteiger partial charge in [0.2, 0.25) is 0 Å². The van der Waals surface area contributed by atoms with Crippen molar-refractivity contribution in [2.24, 2.45) is 0 Å². The highest BCUT2D eigenvalue weighted by atomic mass is 16.2. The number of H-pyrrole nitrogens is 1. The number of carbonyl (C=O) groups excluding carboxylic acids is 1.